The fraction of sp³-hybridized carbons (Fsp3) is 1.00. The lowest BCUT2D eigenvalue weighted by atomic mass is 9.89. The van der Waals surface area contributed by atoms with Crippen molar-refractivity contribution >= 4 is 0 Å². The van der Waals surface area contributed by atoms with Gasteiger partial charge in [-0.25, -0.2) is 0 Å². The Bertz CT molecular complexity index is 173. The van der Waals surface area contributed by atoms with E-state index in [1.54, 1.807) is 0 Å². The molecule has 2 aliphatic rings. The van der Waals surface area contributed by atoms with Crippen LogP contribution in [0.5, 0.6) is 0 Å². The van der Waals surface area contributed by atoms with Crippen LogP contribution in [0.4, 0.5) is 0 Å². The van der Waals surface area contributed by atoms with Crippen LogP contribution in [0.15, 0.2) is 0 Å². The third-order valence-electron chi connectivity index (χ3n) is 3.48. The van der Waals surface area contributed by atoms with Gasteiger partial charge in [-0.2, -0.15) is 0 Å². The first-order valence-electron chi connectivity index (χ1n) is 5.60. The van der Waals surface area contributed by atoms with Gasteiger partial charge < -0.3 is 4.74 Å². The smallest absolute Gasteiger partial charge is 0.0810 e. The predicted octanol–water partition coefficient (Wildman–Crippen LogP) is 2.04. The number of rotatable bonds is 1. The van der Waals surface area contributed by atoms with Crippen LogP contribution < -0.4 is 0 Å². The molecule has 1 atom stereocenters. The number of ether oxygens (including phenoxy) is 1. The molecular formula is C11H21NO. The molecule has 0 aromatic carbocycles. The van der Waals surface area contributed by atoms with Gasteiger partial charge in [0.1, 0.15) is 0 Å². The van der Waals surface area contributed by atoms with Crippen molar-refractivity contribution in [2.75, 3.05) is 19.7 Å². The van der Waals surface area contributed by atoms with Gasteiger partial charge in [0.05, 0.1) is 5.60 Å². The van der Waals surface area contributed by atoms with E-state index in [0.717, 1.165) is 6.61 Å². The molecule has 0 radical (unpaired) electrons. The molecule has 0 aromatic heterocycles. The van der Waals surface area contributed by atoms with Crippen LogP contribution in [0.25, 0.3) is 0 Å². The maximum Gasteiger partial charge on any atom is 0.0810 e. The normalized spacial score (nSPS) is 36.2. The molecule has 0 amide bonds. The van der Waals surface area contributed by atoms with Gasteiger partial charge in [-0.15, -0.1) is 0 Å². The number of nitrogens with zero attached hydrogens (tertiary/aromatic N) is 1. The molecule has 2 nitrogen and oxygen atoms in total. The standard InChI is InChI=1S/C11H21NO/c1-10(2)12-7-3-5-11(9-12)6-4-8-13-11/h10H,3-9H2,1-2H3. The highest BCUT2D eigenvalue weighted by atomic mass is 16.5. The van der Waals surface area contributed by atoms with Crippen LogP contribution in [-0.4, -0.2) is 36.2 Å². The Morgan fingerprint density at radius 3 is 2.62 bits per heavy atom. The maximum absolute atomic E-state index is 5.92. The minimum atomic E-state index is 0.252. The third-order valence-corrected chi connectivity index (χ3v) is 3.48. The first-order chi connectivity index (χ1) is 6.22. The number of hydrogen-bond acceptors (Lipinski definition) is 2. The van der Waals surface area contributed by atoms with Gasteiger partial charge in [-0.1, -0.05) is 0 Å². The zero-order valence-electron chi connectivity index (χ0n) is 8.88. The summed E-state index contributed by atoms with van der Waals surface area (Å²) in [7, 11) is 0. The molecule has 2 heterocycles. The average molecular weight is 183 g/mol. The molecule has 76 valence electrons. The predicted molar refractivity (Wildman–Crippen MR) is 53.9 cm³/mol. The molecule has 1 unspecified atom stereocenters. The molecule has 2 saturated heterocycles. The Kier molecular flexibility index (Phi) is 2.61. The molecule has 2 fully saturated rings. The number of piperidine rings is 1. The molecule has 0 aromatic rings. The summed E-state index contributed by atoms with van der Waals surface area (Å²) in [5.74, 6) is 0. The van der Waals surface area contributed by atoms with Gasteiger partial charge in [0.15, 0.2) is 0 Å². The number of hydrogen-bond donors (Lipinski definition) is 0. The van der Waals surface area contributed by atoms with Gasteiger partial charge in [0.2, 0.25) is 0 Å². The second-order valence-corrected chi connectivity index (χ2v) is 4.80. The Balaban J connectivity index is 1.98. The topological polar surface area (TPSA) is 12.5 Å². The van der Waals surface area contributed by atoms with Crippen LogP contribution in [0.3, 0.4) is 0 Å². The van der Waals surface area contributed by atoms with Gasteiger partial charge in [-0.3, -0.25) is 4.90 Å². The third kappa shape index (κ3) is 1.89. The van der Waals surface area contributed by atoms with E-state index in [4.69, 9.17) is 4.74 Å². The summed E-state index contributed by atoms with van der Waals surface area (Å²) in [4.78, 5) is 2.56. The van der Waals surface area contributed by atoms with E-state index < -0.39 is 0 Å². The monoisotopic (exact) mass is 183 g/mol. The van der Waals surface area contributed by atoms with E-state index >= 15 is 0 Å². The van der Waals surface area contributed by atoms with E-state index in [1.807, 2.05) is 0 Å². The van der Waals surface area contributed by atoms with E-state index in [2.05, 4.69) is 18.7 Å². The summed E-state index contributed by atoms with van der Waals surface area (Å²) in [6.07, 6.45) is 5.16. The van der Waals surface area contributed by atoms with Gasteiger partial charge in [-0.05, 0) is 46.1 Å². The number of likely N-dealkylation sites (tertiary alicyclic amines) is 1. The highest BCUT2D eigenvalue weighted by molar-refractivity contribution is 4.92. The first kappa shape index (κ1) is 9.47. The second-order valence-electron chi connectivity index (χ2n) is 4.80. The van der Waals surface area contributed by atoms with Gasteiger partial charge >= 0.3 is 0 Å². The van der Waals surface area contributed by atoms with E-state index in [9.17, 15) is 0 Å². The van der Waals surface area contributed by atoms with Crippen molar-refractivity contribution in [1.82, 2.24) is 4.90 Å². The molecule has 2 rings (SSSR count). The zero-order chi connectivity index (χ0) is 9.31. The summed E-state index contributed by atoms with van der Waals surface area (Å²) < 4.78 is 5.92. The largest absolute Gasteiger partial charge is 0.374 e. The average Bonchev–Trinajstić information content (AvgIpc) is 2.53. The minimum Gasteiger partial charge on any atom is -0.374 e. The zero-order valence-corrected chi connectivity index (χ0v) is 8.88. The highest BCUT2D eigenvalue weighted by Gasteiger charge is 2.39. The van der Waals surface area contributed by atoms with Gasteiger partial charge in [0.25, 0.3) is 0 Å². The van der Waals surface area contributed by atoms with Crippen molar-refractivity contribution in [2.24, 2.45) is 0 Å². The Morgan fingerprint density at radius 2 is 2.00 bits per heavy atom. The van der Waals surface area contributed by atoms with Crippen LogP contribution in [0.2, 0.25) is 0 Å². The molecule has 0 aliphatic carbocycles. The summed E-state index contributed by atoms with van der Waals surface area (Å²) in [5.41, 5.74) is 0.252. The highest BCUT2D eigenvalue weighted by Crippen LogP contribution is 2.34. The van der Waals surface area contributed by atoms with Crippen molar-refractivity contribution in [3.63, 3.8) is 0 Å². The molecule has 2 heteroatoms. The van der Waals surface area contributed by atoms with E-state index in [0.29, 0.717) is 6.04 Å². The van der Waals surface area contributed by atoms with E-state index in [1.165, 1.54) is 38.8 Å². The Morgan fingerprint density at radius 1 is 1.23 bits per heavy atom. The lowest BCUT2D eigenvalue weighted by Crippen LogP contribution is -2.50. The first-order valence-corrected chi connectivity index (χ1v) is 5.60. The summed E-state index contributed by atoms with van der Waals surface area (Å²) in [6, 6.07) is 0.682. The fourth-order valence-electron chi connectivity index (χ4n) is 2.65. The second kappa shape index (κ2) is 3.58. The summed E-state index contributed by atoms with van der Waals surface area (Å²) in [5, 5.41) is 0. The minimum absolute atomic E-state index is 0.252. The summed E-state index contributed by atoms with van der Waals surface area (Å²) in [6.45, 7) is 8.00. The van der Waals surface area contributed by atoms with Crippen LogP contribution in [-0.2, 0) is 4.74 Å². The van der Waals surface area contributed by atoms with Crippen molar-refractivity contribution in [1.29, 1.82) is 0 Å². The van der Waals surface area contributed by atoms with Gasteiger partial charge in [0, 0.05) is 19.2 Å². The lowest BCUT2D eigenvalue weighted by molar-refractivity contribution is -0.0583. The Labute approximate surface area is 81.3 Å². The molecule has 0 N–H and O–H groups in total. The molecular weight excluding hydrogens is 162 g/mol. The molecule has 1 spiro atoms. The Hall–Kier alpha value is -0.0800. The molecule has 2 aliphatic heterocycles. The lowest BCUT2D eigenvalue weighted by Gasteiger charge is -2.41. The van der Waals surface area contributed by atoms with Crippen molar-refractivity contribution in [2.45, 2.75) is 51.2 Å². The van der Waals surface area contributed by atoms with Crippen LogP contribution in [0.1, 0.15) is 39.5 Å². The summed E-state index contributed by atoms with van der Waals surface area (Å²) >= 11 is 0. The van der Waals surface area contributed by atoms with Crippen LogP contribution in [0, 0.1) is 0 Å². The van der Waals surface area contributed by atoms with Crippen molar-refractivity contribution in [3.05, 3.63) is 0 Å². The van der Waals surface area contributed by atoms with E-state index in [-0.39, 0.29) is 5.60 Å². The fourth-order valence-corrected chi connectivity index (χ4v) is 2.65. The van der Waals surface area contributed by atoms with Crippen molar-refractivity contribution < 1.29 is 4.74 Å². The van der Waals surface area contributed by atoms with Crippen LogP contribution >= 0.6 is 0 Å². The SMILES string of the molecule is CC(C)N1CCCC2(CCCO2)C1. The van der Waals surface area contributed by atoms with Crippen molar-refractivity contribution in [3.8, 4) is 0 Å². The maximum atomic E-state index is 5.92. The quantitative estimate of drug-likeness (QED) is 0.617. The molecule has 0 bridgehead atoms. The molecule has 0 saturated carbocycles. The molecule has 13 heavy (non-hydrogen) atoms.